The fourth-order valence-electron chi connectivity index (χ4n) is 0.760. The molecule has 4 heteroatoms. The summed E-state index contributed by atoms with van der Waals surface area (Å²) in [5.41, 5.74) is 5.58. The maximum absolute atomic E-state index is 10.9. The van der Waals surface area contributed by atoms with Gasteiger partial charge in [-0.3, -0.25) is 4.79 Å². The van der Waals surface area contributed by atoms with Crippen LogP contribution in [0.3, 0.4) is 0 Å². The molecule has 0 rings (SSSR count). The Morgan fingerprint density at radius 2 is 2.23 bits per heavy atom. The maximum atomic E-state index is 10.9. The molecule has 1 unspecified atom stereocenters. The third kappa shape index (κ3) is 9.70. The van der Waals surface area contributed by atoms with Gasteiger partial charge in [-0.25, -0.2) is 0 Å². The molecule has 0 fully saturated rings. The van der Waals surface area contributed by atoms with Crippen molar-refractivity contribution in [3.05, 3.63) is 0 Å². The average molecular weight is 205 g/mol. The molecule has 0 aromatic heterocycles. The molecule has 0 aliphatic heterocycles. The predicted molar refractivity (Wildman–Crippen MR) is 56.8 cm³/mol. The highest BCUT2D eigenvalue weighted by Gasteiger charge is 2.01. The van der Waals surface area contributed by atoms with Crippen molar-refractivity contribution in [3.8, 4) is 0 Å². The van der Waals surface area contributed by atoms with E-state index in [0.717, 1.165) is 17.9 Å². The van der Waals surface area contributed by atoms with E-state index >= 15 is 0 Å². The molecule has 0 saturated heterocycles. The minimum absolute atomic E-state index is 0.101. The standard InChI is InChI=1S/C9H19NO2S/c1-3-12-9(11)5-7-13-6-4-8(2)10/h8H,3-7,10H2,1-2H3. The van der Waals surface area contributed by atoms with E-state index in [1.54, 1.807) is 11.8 Å². The Morgan fingerprint density at radius 1 is 1.54 bits per heavy atom. The van der Waals surface area contributed by atoms with Gasteiger partial charge in [-0.2, -0.15) is 11.8 Å². The van der Waals surface area contributed by atoms with E-state index in [9.17, 15) is 4.79 Å². The van der Waals surface area contributed by atoms with E-state index in [-0.39, 0.29) is 12.0 Å². The van der Waals surface area contributed by atoms with Crippen LogP contribution < -0.4 is 5.73 Å². The second-order valence-corrected chi connectivity index (χ2v) is 4.16. The topological polar surface area (TPSA) is 52.3 Å². The zero-order valence-electron chi connectivity index (χ0n) is 8.41. The summed E-state index contributed by atoms with van der Waals surface area (Å²) >= 11 is 1.75. The van der Waals surface area contributed by atoms with Crippen LogP contribution in [0, 0.1) is 0 Å². The number of carbonyl (C=O) groups excluding carboxylic acids is 1. The first-order valence-corrected chi connectivity index (χ1v) is 5.81. The minimum atomic E-state index is -0.101. The van der Waals surface area contributed by atoms with Gasteiger partial charge in [0, 0.05) is 11.8 Å². The summed E-state index contributed by atoms with van der Waals surface area (Å²) in [4.78, 5) is 10.9. The van der Waals surface area contributed by atoms with E-state index in [4.69, 9.17) is 10.5 Å². The van der Waals surface area contributed by atoms with Crippen molar-refractivity contribution in [2.45, 2.75) is 32.7 Å². The van der Waals surface area contributed by atoms with Crippen LogP contribution in [0.25, 0.3) is 0 Å². The third-order valence-corrected chi connectivity index (χ3v) is 2.49. The molecule has 0 aromatic rings. The van der Waals surface area contributed by atoms with Crippen molar-refractivity contribution in [2.24, 2.45) is 5.73 Å². The van der Waals surface area contributed by atoms with Gasteiger partial charge in [0.25, 0.3) is 0 Å². The lowest BCUT2D eigenvalue weighted by atomic mass is 10.3. The summed E-state index contributed by atoms with van der Waals surface area (Å²) < 4.78 is 4.79. The molecule has 0 bridgehead atoms. The van der Waals surface area contributed by atoms with Crippen LogP contribution in [-0.4, -0.2) is 30.1 Å². The number of rotatable bonds is 7. The first kappa shape index (κ1) is 12.8. The van der Waals surface area contributed by atoms with Crippen LogP contribution in [0.5, 0.6) is 0 Å². The van der Waals surface area contributed by atoms with Crippen LogP contribution in [0.4, 0.5) is 0 Å². The summed E-state index contributed by atoms with van der Waals surface area (Å²) in [5, 5.41) is 0. The molecule has 0 spiro atoms. The number of thioether (sulfide) groups is 1. The Hall–Kier alpha value is -0.220. The van der Waals surface area contributed by atoms with Gasteiger partial charge in [0.15, 0.2) is 0 Å². The summed E-state index contributed by atoms with van der Waals surface area (Å²) in [6.07, 6.45) is 1.52. The van der Waals surface area contributed by atoms with Gasteiger partial charge >= 0.3 is 5.97 Å². The van der Waals surface area contributed by atoms with Crippen LogP contribution in [0.15, 0.2) is 0 Å². The normalized spacial score (nSPS) is 12.5. The van der Waals surface area contributed by atoms with E-state index in [1.807, 2.05) is 13.8 Å². The molecule has 0 saturated carbocycles. The van der Waals surface area contributed by atoms with Crippen LogP contribution in [0.2, 0.25) is 0 Å². The van der Waals surface area contributed by atoms with Gasteiger partial charge in [-0.1, -0.05) is 0 Å². The van der Waals surface area contributed by atoms with E-state index in [2.05, 4.69) is 0 Å². The lowest BCUT2D eigenvalue weighted by molar-refractivity contribution is -0.142. The molecule has 13 heavy (non-hydrogen) atoms. The zero-order chi connectivity index (χ0) is 10.1. The van der Waals surface area contributed by atoms with Crippen molar-refractivity contribution >= 4 is 17.7 Å². The molecule has 0 aromatic carbocycles. The summed E-state index contributed by atoms with van der Waals surface area (Å²) in [5.74, 6) is 1.76. The number of hydrogen-bond acceptors (Lipinski definition) is 4. The fraction of sp³-hybridized carbons (Fsp3) is 0.889. The summed E-state index contributed by atoms with van der Waals surface area (Å²) in [6.45, 7) is 4.29. The summed E-state index contributed by atoms with van der Waals surface area (Å²) in [7, 11) is 0. The quantitative estimate of drug-likeness (QED) is 0.504. The average Bonchev–Trinajstić information content (AvgIpc) is 2.03. The maximum Gasteiger partial charge on any atom is 0.306 e. The Kier molecular flexibility index (Phi) is 8.24. The Bertz CT molecular complexity index is 140. The smallest absolute Gasteiger partial charge is 0.306 e. The number of hydrogen-bond donors (Lipinski definition) is 1. The fourth-order valence-corrected chi connectivity index (χ4v) is 1.81. The number of esters is 1. The highest BCUT2D eigenvalue weighted by Crippen LogP contribution is 2.06. The molecule has 1 atom stereocenters. The molecular formula is C9H19NO2S. The van der Waals surface area contributed by atoms with E-state index in [0.29, 0.717) is 13.0 Å². The van der Waals surface area contributed by atoms with Gasteiger partial charge in [0.1, 0.15) is 0 Å². The largest absolute Gasteiger partial charge is 0.466 e. The molecule has 0 aliphatic carbocycles. The third-order valence-electron chi connectivity index (χ3n) is 1.47. The monoisotopic (exact) mass is 205 g/mol. The number of carbonyl (C=O) groups is 1. The number of ether oxygens (including phenoxy) is 1. The number of nitrogens with two attached hydrogens (primary N) is 1. The molecular weight excluding hydrogens is 186 g/mol. The predicted octanol–water partition coefficient (Wildman–Crippen LogP) is 1.41. The van der Waals surface area contributed by atoms with Gasteiger partial charge < -0.3 is 10.5 Å². The molecule has 0 heterocycles. The summed E-state index contributed by atoms with van der Waals surface area (Å²) in [6, 6.07) is 0.259. The van der Waals surface area contributed by atoms with E-state index < -0.39 is 0 Å². The molecule has 0 aliphatic rings. The highest BCUT2D eigenvalue weighted by atomic mass is 32.2. The Balaban J connectivity index is 3.11. The van der Waals surface area contributed by atoms with Crippen molar-refractivity contribution in [3.63, 3.8) is 0 Å². The van der Waals surface area contributed by atoms with Crippen molar-refractivity contribution < 1.29 is 9.53 Å². The first-order chi connectivity index (χ1) is 6.16. The van der Waals surface area contributed by atoms with Gasteiger partial charge in [-0.05, 0) is 26.0 Å². The van der Waals surface area contributed by atoms with Crippen LogP contribution >= 0.6 is 11.8 Å². The zero-order valence-corrected chi connectivity index (χ0v) is 9.23. The van der Waals surface area contributed by atoms with E-state index in [1.165, 1.54) is 0 Å². The molecule has 0 radical (unpaired) electrons. The first-order valence-electron chi connectivity index (χ1n) is 4.65. The molecule has 78 valence electrons. The Morgan fingerprint density at radius 3 is 2.77 bits per heavy atom. The lowest BCUT2D eigenvalue weighted by Gasteiger charge is -2.04. The molecule has 3 nitrogen and oxygen atoms in total. The van der Waals surface area contributed by atoms with Crippen LogP contribution in [0.1, 0.15) is 26.7 Å². The van der Waals surface area contributed by atoms with Gasteiger partial charge in [0.2, 0.25) is 0 Å². The molecule has 2 N–H and O–H groups in total. The minimum Gasteiger partial charge on any atom is -0.466 e. The van der Waals surface area contributed by atoms with Crippen molar-refractivity contribution in [1.82, 2.24) is 0 Å². The van der Waals surface area contributed by atoms with Crippen molar-refractivity contribution in [1.29, 1.82) is 0 Å². The molecule has 0 amide bonds. The van der Waals surface area contributed by atoms with Crippen LogP contribution in [-0.2, 0) is 9.53 Å². The van der Waals surface area contributed by atoms with Gasteiger partial charge in [0.05, 0.1) is 13.0 Å². The van der Waals surface area contributed by atoms with Crippen molar-refractivity contribution in [2.75, 3.05) is 18.1 Å². The second-order valence-electron chi connectivity index (χ2n) is 2.93. The van der Waals surface area contributed by atoms with Gasteiger partial charge in [-0.15, -0.1) is 0 Å². The Labute approximate surface area is 84.4 Å². The second kappa shape index (κ2) is 8.38. The lowest BCUT2D eigenvalue weighted by Crippen LogP contribution is -2.15. The SMILES string of the molecule is CCOC(=O)CCSCCC(C)N. The highest BCUT2D eigenvalue weighted by molar-refractivity contribution is 7.99.